The zero-order chi connectivity index (χ0) is 13.5. The van der Waals surface area contributed by atoms with Gasteiger partial charge < -0.3 is 9.47 Å². The second-order valence-electron chi connectivity index (χ2n) is 3.52. The highest BCUT2D eigenvalue weighted by atomic mass is 16.5. The lowest BCUT2D eigenvalue weighted by molar-refractivity contribution is 0.362. The minimum Gasteiger partial charge on any atom is -0.490 e. The Morgan fingerprint density at radius 1 is 1.16 bits per heavy atom. The maximum Gasteiger partial charge on any atom is 0.237 e. The number of ether oxygens (including phenoxy) is 2. The van der Waals surface area contributed by atoms with Crippen LogP contribution in [-0.4, -0.2) is 16.6 Å². The van der Waals surface area contributed by atoms with Gasteiger partial charge >= 0.3 is 0 Å². The van der Waals surface area contributed by atoms with Crippen molar-refractivity contribution in [3.05, 3.63) is 55.0 Å². The lowest BCUT2D eigenvalue weighted by atomic mass is 10.3. The van der Waals surface area contributed by atoms with Crippen molar-refractivity contribution < 1.29 is 9.47 Å². The van der Waals surface area contributed by atoms with E-state index in [9.17, 15) is 0 Å². The van der Waals surface area contributed by atoms with E-state index in [1.807, 2.05) is 6.07 Å². The third-order valence-corrected chi connectivity index (χ3v) is 2.16. The van der Waals surface area contributed by atoms with E-state index in [1.54, 1.807) is 30.3 Å². The minimum absolute atomic E-state index is 0.250. The van der Waals surface area contributed by atoms with Gasteiger partial charge in [-0.25, -0.2) is 9.97 Å². The molecule has 0 fully saturated rings. The van der Waals surface area contributed by atoms with Crippen LogP contribution < -0.4 is 9.47 Å². The Balaban J connectivity index is 2.02. The predicted octanol–water partition coefficient (Wildman–Crippen LogP) is 2.71. The average Bonchev–Trinajstić information content (AvgIpc) is 2.47. The molecule has 0 aliphatic heterocycles. The molecular formula is C14H11N3O2. The lowest BCUT2D eigenvalue weighted by Gasteiger charge is -2.06. The molecule has 1 heterocycles. The van der Waals surface area contributed by atoms with E-state index in [1.165, 1.54) is 12.4 Å². The maximum atomic E-state index is 8.61. The molecule has 0 saturated heterocycles. The van der Waals surface area contributed by atoms with Crippen molar-refractivity contribution in [2.45, 2.75) is 0 Å². The molecule has 0 atom stereocenters. The van der Waals surface area contributed by atoms with Crippen molar-refractivity contribution in [2.24, 2.45) is 0 Å². The highest BCUT2D eigenvalue weighted by Crippen LogP contribution is 2.21. The highest BCUT2D eigenvalue weighted by Gasteiger charge is 2.00. The van der Waals surface area contributed by atoms with E-state index >= 15 is 0 Å². The monoisotopic (exact) mass is 253 g/mol. The molecule has 0 aliphatic rings. The van der Waals surface area contributed by atoms with Gasteiger partial charge in [-0.3, -0.25) is 0 Å². The molecule has 5 heteroatoms. The molecule has 0 N–H and O–H groups in total. The van der Waals surface area contributed by atoms with Gasteiger partial charge in [0.05, 0.1) is 12.4 Å². The summed E-state index contributed by atoms with van der Waals surface area (Å²) in [5, 5.41) is 8.61. The third kappa shape index (κ3) is 3.54. The van der Waals surface area contributed by atoms with Gasteiger partial charge in [0.25, 0.3) is 0 Å². The molecule has 0 spiro atoms. The van der Waals surface area contributed by atoms with Crippen molar-refractivity contribution in [1.82, 2.24) is 9.97 Å². The zero-order valence-corrected chi connectivity index (χ0v) is 10.1. The van der Waals surface area contributed by atoms with Crippen molar-refractivity contribution in [1.29, 1.82) is 5.26 Å². The fourth-order valence-corrected chi connectivity index (χ4v) is 1.31. The van der Waals surface area contributed by atoms with Crippen molar-refractivity contribution in [3.63, 3.8) is 0 Å². The molecule has 0 bridgehead atoms. The molecule has 2 rings (SSSR count). The summed E-state index contributed by atoms with van der Waals surface area (Å²) in [6.07, 6.45) is 4.44. The van der Waals surface area contributed by atoms with Crippen LogP contribution in [0.25, 0.3) is 0 Å². The van der Waals surface area contributed by atoms with Crippen LogP contribution in [0.5, 0.6) is 17.4 Å². The van der Waals surface area contributed by atoms with Gasteiger partial charge in [-0.1, -0.05) is 12.7 Å². The number of rotatable bonds is 5. The van der Waals surface area contributed by atoms with E-state index in [0.29, 0.717) is 18.2 Å². The largest absolute Gasteiger partial charge is 0.490 e. The average molecular weight is 253 g/mol. The van der Waals surface area contributed by atoms with Crippen LogP contribution in [0.15, 0.2) is 49.3 Å². The molecule has 0 amide bonds. The van der Waals surface area contributed by atoms with Crippen molar-refractivity contribution in [2.75, 3.05) is 6.61 Å². The van der Waals surface area contributed by atoms with Crippen LogP contribution >= 0.6 is 0 Å². The van der Waals surface area contributed by atoms with Crippen LogP contribution in [0.1, 0.15) is 5.69 Å². The van der Waals surface area contributed by atoms with Crippen LogP contribution in [0, 0.1) is 11.3 Å². The zero-order valence-electron chi connectivity index (χ0n) is 10.1. The number of hydrogen-bond acceptors (Lipinski definition) is 5. The quantitative estimate of drug-likeness (QED) is 0.766. The number of benzene rings is 1. The normalized spacial score (nSPS) is 9.42. The summed E-state index contributed by atoms with van der Waals surface area (Å²) in [5.74, 6) is 1.68. The number of nitrogens with zero attached hydrogens (tertiary/aromatic N) is 3. The first-order valence-corrected chi connectivity index (χ1v) is 5.55. The summed E-state index contributed by atoms with van der Waals surface area (Å²) < 4.78 is 10.8. The standard InChI is InChI=1S/C14H11N3O2/c1-2-7-18-12-3-5-13(6-4-12)19-14-10-16-11(8-15)9-17-14/h2-6,9-10H,1,7H2. The van der Waals surface area contributed by atoms with E-state index in [-0.39, 0.29) is 5.69 Å². The first kappa shape index (κ1) is 12.6. The summed E-state index contributed by atoms with van der Waals surface area (Å²) in [6, 6.07) is 8.99. The lowest BCUT2D eigenvalue weighted by Crippen LogP contribution is -1.93. The number of hydrogen-bond donors (Lipinski definition) is 0. The molecule has 1 aromatic heterocycles. The van der Waals surface area contributed by atoms with Gasteiger partial charge in [-0.15, -0.1) is 0 Å². The second kappa shape index (κ2) is 6.17. The fraction of sp³-hybridized carbons (Fsp3) is 0.0714. The SMILES string of the molecule is C=CCOc1ccc(Oc2cnc(C#N)cn2)cc1. The Bertz CT molecular complexity index is 586. The smallest absolute Gasteiger partial charge is 0.237 e. The molecule has 2 aromatic rings. The topological polar surface area (TPSA) is 68.0 Å². The Morgan fingerprint density at radius 3 is 2.47 bits per heavy atom. The Hall–Kier alpha value is -2.87. The number of nitriles is 1. The third-order valence-electron chi connectivity index (χ3n) is 2.16. The molecule has 5 nitrogen and oxygen atoms in total. The van der Waals surface area contributed by atoms with Gasteiger partial charge in [0.15, 0.2) is 5.69 Å². The summed E-state index contributed by atoms with van der Waals surface area (Å²) in [4.78, 5) is 7.83. The van der Waals surface area contributed by atoms with Crippen molar-refractivity contribution >= 4 is 0 Å². The second-order valence-corrected chi connectivity index (χ2v) is 3.52. The van der Waals surface area contributed by atoms with Crippen LogP contribution in [0.2, 0.25) is 0 Å². The molecule has 0 unspecified atom stereocenters. The van der Waals surface area contributed by atoms with E-state index in [0.717, 1.165) is 5.75 Å². The van der Waals surface area contributed by atoms with Gasteiger partial charge in [-0.2, -0.15) is 5.26 Å². The predicted molar refractivity (Wildman–Crippen MR) is 69.0 cm³/mol. The van der Waals surface area contributed by atoms with E-state index in [2.05, 4.69) is 16.5 Å². The van der Waals surface area contributed by atoms with Gasteiger partial charge in [0, 0.05) is 0 Å². The minimum atomic E-state index is 0.250. The molecule has 0 aliphatic carbocycles. The summed E-state index contributed by atoms with van der Waals surface area (Å²) >= 11 is 0. The Kier molecular flexibility index (Phi) is 4.09. The van der Waals surface area contributed by atoms with Crippen molar-refractivity contribution in [3.8, 4) is 23.4 Å². The Morgan fingerprint density at radius 2 is 1.89 bits per heavy atom. The van der Waals surface area contributed by atoms with Gasteiger partial charge in [0.1, 0.15) is 24.2 Å². The molecule has 1 aromatic carbocycles. The van der Waals surface area contributed by atoms with E-state index < -0.39 is 0 Å². The van der Waals surface area contributed by atoms with Gasteiger partial charge in [0.2, 0.25) is 5.88 Å². The van der Waals surface area contributed by atoms with Crippen LogP contribution in [-0.2, 0) is 0 Å². The maximum absolute atomic E-state index is 8.61. The molecule has 0 saturated carbocycles. The van der Waals surface area contributed by atoms with Gasteiger partial charge in [-0.05, 0) is 24.3 Å². The first-order chi connectivity index (χ1) is 9.31. The number of aromatic nitrogens is 2. The molecular weight excluding hydrogens is 242 g/mol. The highest BCUT2D eigenvalue weighted by molar-refractivity contribution is 5.33. The summed E-state index contributed by atoms with van der Waals surface area (Å²) in [5.41, 5.74) is 0.250. The summed E-state index contributed by atoms with van der Waals surface area (Å²) in [7, 11) is 0. The van der Waals surface area contributed by atoms with Crippen LogP contribution in [0.3, 0.4) is 0 Å². The Labute approximate surface area is 110 Å². The first-order valence-electron chi connectivity index (χ1n) is 5.55. The summed E-state index contributed by atoms with van der Waals surface area (Å²) in [6.45, 7) is 4.04. The van der Waals surface area contributed by atoms with Crippen LogP contribution in [0.4, 0.5) is 0 Å². The fourth-order valence-electron chi connectivity index (χ4n) is 1.31. The van der Waals surface area contributed by atoms with E-state index in [4.69, 9.17) is 14.7 Å². The molecule has 94 valence electrons. The molecule has 19 heavy (non-hydrogen) atoms. The molecule has 0 radical (unpaired) electrons.